The number of carbonyl (C=O) groups is 1. The van der Waals surface area contributed by atoms with Gasteiger partial charge in [0.15, 0.2) is 0 Å². The SMILES string of the molecule is CCOC(=O)C(CC)CCCOCC1CO1. The summed E-state index contributed by atoms with van der Waals surface area (Å²) in [6.45, 7) is 6.54. The van der Waals surface area contributed by atoms with Crippen molar-refractivity contribution in [2.45, 2.75) is 39.2 Å². The molecule has 4 heteroatoms. The molecule has 1 aliphatic heterocycles. The molecule has 0 spiro atoms. The fourth-order valence-electron chi connectivity index (χ4n) is 1.56. The van der Waals surface area contributed by atoms with Crippen molar-refractivity contribution in [1.82, 2.24) is 0 Å². The van der Waals surface area contributed by atoms with Crippen LogP contribution >= 0.6 is 0 Å². The fourth-order valence-corrected chi connectivity index (χ4v) is 1.56. The summed E-state index contributed by atoms with van der Waals surface area (Å²) in [5, 5.41) is 0. The first-order chi connectivity index (χ1) is 7.77. The molecular weight excluding hydrogens is 208 g/mol. The van der Waals surface area contributed by atoms with Gasteiger partial charge < -0.3 is 14.2 Å². The summed E-state index contributed by atoms with van der Waals surface area (Å²) in [5.41, 5.74) is 0. The van der Waals surface area contributed by atoms with Crippen LogP contribution < -0.4 is 0 Å². The molecule has 0 N–H and O–H groups in total. The lowest BCUT2D eigenvalue weighted by atomic mass is 10.0. The maximum Gasteiger partial charge on any atom is 0.308 e. The van der Waals surface area contributed by atoms with Crippen LogP contribution in [0.25, 0.3) is 0 Å². The number of esters is 1. The highest BCUT2D eigenvalue weighted by molar-refractivity contribution is 5.72. The zero-order valence-corrected chi connectivity index (χ0v) is 10.2. The van der Waals surface area contributed by atoms with Gasteiger partial charge in [0.25, 0.3) is 0 Å². The molecule has 0 aromatic carbocycles. The minimum absolute atomic E-state index is 0.0284. The number of ether oxygens (including phenoxy) is 3. The van der Waals surface area contributed by atoms with E-state index in [2.05, 4.69) is 0 Å². The molecule has 0 bridgehead atoms. The minimum atomic E-state index is -0.0736. The summed E-state index contributed by atoms with van der Waals surface area (Å²) in [5.74, 6) is -0.0451. The van der Waals surface area contributed by atoms with Gasteiger partial charge in [0, 0.05) is 6.61 Å². The maximum atomic E-state index is 11.5. The molecule has 1 rings (SSSR count). The summed E-state index contributed by atoms with van der Waals surface area (Å²) < 4.78 is 15.4. The van der Waals surface area contributed by atoms with Crippen molar-refractivity contribution in [3.05, 3.63) is 0 Å². The van der Waals surface area contributed by atoms with Gasteiger partial charge in [-0.2, -0.15) is 0 Å². The number of rotatable bonds is 9. The van der Waals surface area contributed by atoms with Gasteiger partial charge >= 0.3 is 5.97 Å². The normalized spacial score (nSPS) is 20.5. The maximum absolute atomic E-state index is 11.5. The van der Waals surface area contributed by atoms with Gasteiger partial charge in [-0.05, 0) is 26.2 Å². The first-order valence-corrected chi connectivity index (χ1v) is 6.13. The van der Waals surface area contributed by atoms with E-state index < -0.39 is 0 Å². The van der Waals surface area contributed by atoms with Crippen molar-refractivity contribution < 1.29 is 19.0 Å². The molecular formula is C12H22O4. The Morgan fingerprint density at radius 1 is 1.50 bits per heavy atom. The summed E-state index contributed by atoms with van der Waals surface area (Å²) in [7, 11) is 0. The molecule has 0 amide bonds. The Kier molecular flexibility index (Phi) is 6.42. The van der Waals surface area contributed by atoms with Crippen LogP contribution in [0.2, 0.25) is 0 Å². The van der Waals surface area contributed by atoms with Gasteiger partial charge in [0.2, 0.25) is 0 Å². The molecule has 0 aromatic rings. The van der Waals surface area contributed by atoms with Crippen molar-refractivity contribution in [1.29, 1.82) is 0 Å². The van der Waals surface area contributed by atoms with Crippen LogP contribution in [0.15, 0.2) is 0 Å². The molecule has 0 saturated carbocycles. The van der Waals surface area contributed by atoms with Crippen LogP contribution in [0, 0.1) is 5.92 Å². The van der Waals surface area contributed by atoms with Crippen LogP contribution in [0.5, 0.6) is 0 Å². The van der Waals surface area contributed by atoms with E-state index in [1.54, 1.807) is 0 Å². The highest BCUT2D eigenvalue weighted by atomic mass is 16.6. The second-order valence-electron chi connectivity index (χ2n) is 4.03. The molecule has 4 nitrogen and oxygen atoms in total. The Bertz CT molecular complexity index is 201. The van der Waals surface area contributed by atoms with E-state index in [9.17, 15) is 4.79 Å². The van der Waals surface area contributed by atoms with E-state index in [-0.39, 0.29) is 11.9 Å². The first kappa shape index (κ1) is 13.5. The molecule has 2 atom stereocenters. The molecule has 0 aliphatic carbocycles. The number of epoxide rings is 1. The summed E-state index contributed by atoms with van der Waals surface area (Å²) in [4.78, 5) is 11.5. The second-order valence-corrected chi connectivity index (χ2v) is 4.03. The number of carbonyl (C=O) groups excluding carboxylic acids is 1. The molecule has 0 radical (unpaired) electrons. The van der Waals surface area contributed by atoms with E-state index in [0.29, 0.717) is 25.9 Å². The quantitative estimate of drug-likeness (QED) is 0.344. The monoisotopic (exact) mass is 230 g/mol. The van der Waals surface area contributed by atoms with Gasteiger partial charge in [-0.3, -0.25) is 4.79 Å². The van der Waals surface area contributed by atoms with E-state index in [1.165, 1.54) is 0 Å². The Balaban J connectivity index is 2.00. The van der Waals surface area contributed by atoms with Crippen molar-refractivity contribution in [2.24, 2.45) is 5.92 Å². The van der Waals surface area contributed by atoms with Gasteiger partial charge in [0.05, 0.1) is 25.7 Å². The molecule has 16 heavy (non-hydrogen) atoms. The lowest BCUT2D eigenvalue weighted by Gasteiger charge is -2.13. The zero-order valence-electron chi connectivity index (χ0n) is 10.2. The van der Waals surface area contributed by atoms with Gasteiger partial charge in [-0.15, -0.1) is 0 Å². The Hall–Kier alpha value is -0.610. The zero-order chi connectivity index (χ0) is 11.8. The molecule has 1 fully saturated rings. The van der Waals surface area contributed by atoms with Crippen molar-refractivity contribution in [3.8, 4) is 0 Å². The summed E-state index contributed by atoms with van der Waals surface area (Å²) >= 11 is 0. The topological polar surface area (TPSA) is 48.1 Å². The van der Waals surface area contributed by atoms with Crippen molar-refractivity contribution in [2.75, 3.05) is 26.4 Å². The van der Waals surface area contributed by atoms with Crippen LogP contribution in [0.3, 0.4) is 0 Å². The van der Waals surface area contributed by atoms with Crippen LogP contribution in [0.4, 0.5) is 0 Å². The van der Waals surface area contributed by atoms with Gasteiger partial charge in [-0.25, -0.2) is 0 Å². The summed E-state index contributed by atoms with van der Waals surface area (Å²) in [6.07, 6.45) is 2.92. The smallest absolute Gasteiger partial charge is 0.308 e. The predicted molar refractivity (Wildman–Crippen MR) is 60.2 cm³/mol. The van der Waals surface area contributed by atoms with Gasteiger partial charge in [-0.1, -0.05) is 6.92 Å². The third-order valence-electron chi connectivity index (χ3n) is 2.66. The average molecular weight is 230 g/mol. The van der Waals surface area contributed by atoms with Crippen molar-refractivity contribution in [3.63, 3.8) is 0 Å². The van der Waals surface area contributed by atoms with E-state index in [1.807, 2.05) is 13.8 Å². The van der Waals surface area contributed by atoms with Gasteiger partial charge in [0.1, 0.15) is 6.10 Å². The summed E-state index contributed by atoms with van der Waals surface area (Å²) in [6, 6.07) is 0. The Labute approximate surface area is 97.2 Å². The lowest BCUT2D eigenvalue weighted by Crippen LogP contribution is -2.17. The number of hydrogen-bond donors (Lipinski definition) is 0. The van der Waals surface area contributed by atoms with Crippen LogP contribution in [0.1, 0.15) is 33.1 Å². The Morgan fingerprint density at radius 2 is 2.25 bits per heavy atom. The van der Waals surface area contributed by atoms with E-state index in [0.717, 1.165) is 25.9 Å². The Morgan fingerprint density at radius 3 is 2.81 bits per heavy atom. The largest absolute Gasteiger partial charge is 0.466 e. The average Bonchev–Trinajstić information content (AvgIpc) is 3.07. The number of hydrogen-bond acceptors (Lipinski definition) is 4. The fraction of sp³-hybridized carbons (Fsp3) is 0.917. The molecule has 1 heterocycles. The third-order valence-corrected chi connectivity index (χ3v) is 2.66. The van der Waals surface area contributed by atoms with Crippen LogP contribution in [-0.4, -0.2) is 38.5 Å². The second kappa shape index (κ2) is 7.63. The highest BCUT2D eigenvalue weighted by Gasteiger charge is 2.22. The first-order valence-electron chi connectivity index (χ1n) is 6.13. The highest BCUT2D eigenvalue weighted by Crippen LogP contribution is 2.14. The molecule has 1 saturated heterocycles. The predicted octanol–water partition coefficient (Wildman–Crippen LogP) is 1.77. The lowest BCUT2D eigenvalue weighted by molar-refractivity contribution is -0.148. The molecule has 94 valence electrons. The van der Waals surface area contributed by atoms with E-state index >= 15 is 0 Å². The van der Waals surface area contributed by atoms with Crippen LogP contribution in [-0.2, 0) is 19.0 Å². The minimum Gasteiger partial charge on any atom is -0.466 e. The third kappa shape index (κ3) is 5.47. The standard InChI is InChI=1S/C12H22O4/c1-3-10(12(13)15-4-2)6-5-7-14-8-11-9-16-11/h10-11H,3-9H2,1-2H3. The molecule has 1 aliphatic rings. The van der Waals surface area contributed by atoms with Crippen molar-refractivity contribution >= 4 is 5.97 Å². The van der Waals surface area contributed by atoms with E-state index in [4.69, 9.17) is 14.2 Å². The molecule has 0 aromatic heterocycles. The molecule has 2 unspecified atom stereocenters.